The van der Waals surface area contributed by atoms with Crippen LogP contribution in [0.15, 0.2) is 64.6 Å². The number of hydrogen-bond donors (Lipinski definition) is 1. The summed E-state index contributed by atoms with van der Waals surface area (Å²) in [7, 11) is 0. The van der Waals surface area contributed by atoms with Crippen LogP contribution in [0.3, 0.4) is 0 Å². The second-order valence-corrected chi connectivity index (χ2v) is 7.39. The van der Waals surface area contributed by atoms with Gasteiger partial charge in [-0.15, -0.1) is 0 Å². The molecule has 28 heavy (non-hydrogen) atoms. The molecule has 1 aliphatic carbocycles. The molecule has 0 bridgehead atoms. The molecular formula is C23H23N3O2. The highest BCUT2D eigenvalue weighted by Crippen LogP contribution is 2.64. The van der Waals surface area contributed by atoms with Gasteiger partial charge in [0.05, 0.1) is 6.61 Å². The van der Waals surface area contributed by atoms with Crippen LogP contribution in [0.4, 0.5) is 0 Å². The first-order valence-corrected chi connectivity index (χ1v) is 9.81. The zero-order valence-corrected chi connectivity index (χ0v) is 16.1. The molecule has 2 heterocycles. The molecule has 0 saturated heterocycles. The molecule has 2 atom stereocenters. The predicted octanol–water partition coefficient (Wildman–Crippen LogP) is 4.20. The molecule has 2 aromatic carbocycles. The summed E-state index contributed by atoms with van der Waals surface area (Å²) in [6.45, 7) is 4.80. The Balaban J connectivity index is 1.41. The van der Waals surface area contributed by atoms with E-state index in [1.165, 1.54) is 5.56 Å². The van der Waals surface area contributed by atoms with Crippen LogP contribution in [0.5, 0.6) is 11.5 Å². The topological polar surface area (TPSA) is 55.2 Å². The molecule has 5 heteroatoms. The first-order valence-electron chi connectivity index (χ1n) is 9.81. The molecule has 5 nitrogen and oxygen atoms in total. The number of benzene rings is 2. The summed E-state index contributed by atoms with van der Waals surface area (Å²) in [6, 6.07) is 16.4. The number of nitrogens with zero attached hydrogens (tertiary/aromatic N) is 2. The summed E-state index contributed by atoms with van der Waals surface area (Å²) >= 11 is 0. The third-order valence-electron chi connectivity index (χ3n) is 5.70. The molecule has 1 fully saturated rings. The Morgan fingerprint density at radius 1 is 1.00 bits per heavy atom. The minimum atomic E-state index is -0.599. The number of rotatable bonds is 6. The van der Waals surface area contributed by atoms with Crippen LogP contribution in [0.25, 0.3) is 5.70 Å². The van der Waals surface area contributed by atoms with Crippen LogP contribution in [0.2, 0.25) is 0 Å². The van der Waals surface area contributed by atoms with Gasteiger partial charge in [0.1, 0.15) is 29.1 Å². The second-order valence-electron chi connectivity index (χ2n) is 7.39. The number of amidine groups is 1. The molecule has 3 aliphatic rings. The molecule has 2 aromatic rings. The van der Waals surface area contributed by atoms with E-state index >= 15 is 0 Å². The summed E-state index contributed by atoms with van der Waals surface area (Å²) < 4.78 is 11.9. The SMILES string of the molecule is CCOc1ccc(C2=CC34CC3(Oc3ccc(CC)cc3)N=CN=C4N2)cc1. The minimum absolute atomic E-state index is 0.306. The zero-order valence-electron chi connectivity index (χ0n) is 16.1. The van der Waals surface area contributed by atoms with Crippen molar-refractivity contribution in [2.45, 2.75) is 32.4 Å². The lowest BCUT2D eigenvalue weighted by Gasteiger charge is -2.22. The summed E-state index contributed by atoms with van der Waals surface area (Å²) in [4.78, 5) is 9.13. The van der Waals surface area contributed by atoms with Crippen molar-refractivity contribution in [3.05, 3.63) is 65.7 Å². The molecule has 1 N–H and O–H groups in total. The normalized spacial score (nSPS) is 26.5. The third kappa shape index (κ3) is 2.53. The Hall–Kier alpha value is -3.08. The average molecular weight is 373 g/mol. The first-order chi connectivity index (χ1) is 13.7. The van der Waals surface area contributed by atoms with E-state index < -0.39 is 5.72 Å². The molecule has 2 unspecified atom stereocenters. The van der Waals surface area contributed by atoms with Gasteiger partial charge in [-0.2, -0.15) is 0 Å². The zero-order chi connectivity index (χ0) is 19.2. The van der Waals surface area contributed by atoms with Crippen LogP contribution >= 0.6 is 0 Å². The largest absolute Gasteiger partial charge is 0.494 e. The lowest BCUT2D eigenvalue weighted by molar-refractivity contribution is 0.167. The lowest BCUT2D eigenvalue weighted by atomic mass is 10.0. The number of aryl methyl sites for hydroxylation is 1. The maximum absolute atomic E-state index is 6.37. The molecule has 0 radical (unpaired) electrons. The molecule has 142 valence electrons. The van der Waals surface area contributed by atoms with Gasteiger partial charge in [-0.1, -0.05) is 19.1 Å². The van der Waals surface area contributed by atoms with Gasteiger partial charge in [0, 0.05) is 12.1 Å². The monoisotopic (exact) mass is 373 g/mol. The van der Waals surface area contributed by atoms with Crippen LogP contribution in [0.1, 0.15) is 31.4 Å². The molecule has 0 aromatic heterocycles. The average Bonchev–Trinajstić information content (AvgIpc) is 3.21. The Kier molecular flexibility index (Phi) is 3.79. The Labute approximate surface area is 164 Å². The van der Waals surface area contributed by atoms with E-state index in [2.05, 4.69) is 52.6 Å². The van der Waals surface area contributed by atoms with Crippen molar-refractivity contribution < 1.29 is 9.47 Å². The predicted molar refractivity (Wildman–Crippen MR) is 111 cm³/mol. The first kappa shape index (κ1) is 17.0. The number of hydrogen-bond acceptors (Lipinski definition) is 5. The molecule has 5 rings (SSSR count). The van der Waals surface area contributed by atoms with Gasteiger partial charge >= 0.3 is 0 Å². The van der Waals surface area contributed by atoms with Gasteiger partial charge in [-0.3, -0.25) is 0 Å². The fraction of sp³-hybridized carbons (Fsp3) is 0.304. The molecule has 0 amide bonds. The Morgan fingerprint density at radius 2 is 1.75 bits per heavy atom. The molecule has 1 spiro atoms. The quantitative estimate of drug-likeness (QED) is 0.826. The Bertz CT molecular complexity index is 992. The van der Waals surface area contributed by atoms with Gasteiger partial charge in [0.15, 0.2) is 0 Å². The molecular weight excluding hydrogens is 350 g/mol. The number of nitrogens with one attached hydrogen (secondary N) is 1. The van der Waals surface area contributed by atoms with Crippen molar-refractivity contribution in [1.82, 2.24) is 5.32 Å². The highest BCUT2D eigenvalue weighted by molar-refractivity contribution is 6.09. The van der Waals surface area contributed by atoms with Crippen molar-refractivity contribution in [2.24, 2.45) is 15.4 Å². The fourth-order valence-corrected chi connectivity index (χ4v) is 4.04. The van der Waals surface area contributed by atoms with Gasteiger partial charge in [-0.05, 0) is 66.9 Å². The summed E-state index contributed by atoms with van der Waals surface area (Å²) in [5.41, 5.74) is 2.53. The van der Waals surface area contributed by atoms with E-state index in [-0.39, 0.29) is 5.41 Å². The minimum Gasteiger partial charge on any atom is -0.494 e. The number of aliphatic imine (C=N–C) groups is 2. The lowest BCUT2D eigenvalue weighted by Crippen LogP contribution is -2.35. The van der Waals surface area contributed by atoms with Crippen LogP contribution in [-0.2, 0) is 6.42 Å². The molecule has 1 saturated carbocycles. The molecule has 2 aliphatic heterocycles. The number of ether oxygens (including phenoxy) is 2. The van der Waals surface area contributed by atoms with Crippen molar-refractivity contribution in [1.29, 1.82) is 0 Å². The highest BCUT2D eigenvalue weighted by Gasteiger charge is 2.75. The highest BCUT2D eigenvalue weighted by atomic mass is 16.5. The van der Waals surface area contributed by atoms with Crippen LogP contribution in [-0.4, -0.2) is 24.5 Å². The van der Waals surface area contributed by atoms with Crippen molar-refractivity contribution in [3.8, 4) is 11.5 Å². The van der Waals surface area contributed by atoms with Crippen molar-refractivity contribution in [2.75, 3.05) is 6.61 Å². The van der Waals surface area contributed by atoms with E-state index in [1.54, 1.807) is 6.34 Å². The smallest absolute Gasteiger partial charge is 0.219 e. The third-order valence-corrected chi connectivity index (χ3v) is 5.70. The summed E-state index contributed by atoms with van der Waals surface area (Å²) in [6.07, 6.45) is 5.64. The van der Waals surface area contributed by atoms with Gasteiger partial charge in [0.2, 0.25) is 5.72 Å². The standard InChI is InChI=1S/C23H23N3O2/c1-3-16-5-9-19(10-6-16)28-23-14-22(23)13-20(26-21(22)24-15-25-23)17-7-11-18(12-8-17)27-4-2/h5-13,15H,3-4,14H2,1-2H3,(H,24,25,26). The van der Waals surface area contributed by atoms with Crippen molar-refractivity contribution in [3.63, 3.8) is 0 Å². The van der Waals surface area contributed by atoms with Gasteiger partial charge in [-0.25, -0.2) is 9.98 Å². The maximum atomic E-state index is 6.37. The summed E-state index contributed by atoms with van der Waals surface area (Å²) in [5, 5.41) is 3.47. The van der Waals surface area contributed by atoms with Crippen molar-refractivity contribution >= 4 is 17.9 Å². The Morgan fingerprint density at radius 3 is 2.46 bits per heavy atom. The van der Waals surface area contributed by atoms with Gasteiger partial charge < -0.3 is 14.8 Å². The maximum Gasteiger partial charge on any atom is 0.219 e. The van der Waals surface area contributed by atoms with E-state index in [0.717, 1.165) is 41.4 Å². The second kappa shape index (κ2) is 6.23. The van der Waals surface area contributed by atoms with E-state index in [0.29, 0.717) is 6.61 Å². The fourth-order valence-electron chi connectivity index (χ4n) is 4.04. The van der Waals surface area contributed by atoms with Gasteiger partial charge in [0.25, 0.3) is 0 Å². The van der Waals surface area contributed by atoms with E-state index in [1.807, 2.05) is 31.2 Å². The van der Waals surface area contributed by atoms with Crippen LogP contribution < -0.4 is 14.8 Å². The van der Waals surface area contributed by atoms with Crippen LogP contribution in [0, 0.1) is 5.41 Å². The summed E-state index contributed by atoms with van der Waals surface area (Å²) in [5.74, 6) is 2.63. The van der Waals surface area contributed by atoms with E-state index in [4.69, 9.17) is 9.47 Å². The van der Waals surface area contributed by atoms with E-state index in [9.17, 15) is 0 Å².